The van der Waals surface area contributed by atoms with Crippen LogP contribution in [0.3, 0.4) is 0 Å². The van der Waals surface area contributed by atoms with Crippen LogP contribution in [0, 0.1) is 0 Å². The first-order valence-electron chi connectivity index (χ1n) is 9.52. The molecule has 8 heteroatoms. The molecule has 0 fully saturated rings. The van der Waals surface area contributed by atoms with E-state index in [1.54, 1.807) is 29.7 Å². The Kier molecular flexibility index (Phi) is 6.76. The zero-order valence-electron chi connectivity index (χ0n) is 16.1. The number of aromatic nitrogens is 3. The van der Waals surface area contributed by atoms with Crippen molar-refractivity contribution < 1.29 is 9.84 Å². The second-order valence-electron chi connectivity index (χ2n) is 6.62. The van der Waals surface area contributed by atoms with Crippen LogP contribution in [-0.4, -0.2) is 39.8 Å². The maximum Gasteiger partial charge on any atom is 0.148 e. The smallest absolute Gasteiger partial charge is 0.148 e. The minimum Gasteiger partial charge on any atom is -0.492 e. The second-order valence-corrected chi connectivity index (χ2v) is 7.95. The number of rotatable bonds is 9. The average molecular weight is 441 g/mol. The number of aliphatic hydroxyl groups excluding tert-OH is 1. The Morgan fingerprint density at radius 3 is 2.77 bits per heavy atom. The summed E-state index contributed by atoms with van der Waals surface area (Å²) in [6, 6.07) is 15.3. The van der Waals surface area contributed by atoms with E-state index in [1.165, 1.54) is 0 Å². The molecule has 3 N–H and O–H groups in total. The van der Waals surface area contributed by atoms with Crippen molar-refractivity contribution in [1.29, 1.82) is 0 Å². The summed E-state index contributed by atoms with van der Waals surface area (Å²) in [5, 5.41) is 15.8. The number of imidazole rings is 1. The maximum atomic E-state index is 10.1. The molecule has 4 rings (SSSR count). The van der Waals surface area contributed by atoms with Crippen LogP contribution in [0.25, 0.3) is 22.0 Å². The average Bonchev–Trinajstić information content (AvgIpc) is 3.46. The maximum absolute atomic E-state index is 10.1. The molecular weight excluding hydrogens is 420 g/mol. The molecule has 4 aromatic rings. The van der Waals surface area contributed by atoms with E-state index in [4.69, 9.17) is 16.3 Å². The molecule has 0 saturated heterocycles. The van der Waals surface area contributed by atoms with Gasteiger partial charge in [0.1, 0.15) is 23.3 Å². The number of nitrogens with one attached hydrogen (secondary N) is 2. The van der Waals surface area contributed by atoms with E-state index in [9.17, 15) is 5.11 Å². The lowest BCUT2D eigenvalue weighted by atomic mass is 10.1. The Morgan fingerprint density at radius 2 is 2.03 bits per heavy atom. The third-order valence-electron chi connectivity index (χ3n) is 4.50. The van der Waals surface area contributed by atoms with E-state index >= 15 is 0 Å². The molecule has 0 aliphatic carbocycles. The number of pyridine rings is 1. The Labute approximate surface area is 183 Å². The highest BCUT2D eigenvalue weighted by Crippen LogP contribution is 2.26. The number of thiophene rings is 1. The minimum atomic E-state index is -0.637. The summed E-state index contributed by atoms with van der Waals surface area (Å²) in [5.41, 5.74) is 2.65. The molecule has 0 radical (unpaired) electrons. The van der Waals surface area contributed by atoms with Crippen molar-refractivity contribution in [3.63, 3.8) is 0 Å². The molecule has 3 heterocycles. The van der Waals surface area contributed by atoms with Gasteiger partial charge in [0, 0.05) is 36.6 Å². The summed E-state index contributed by atoms with van der Waals surface area (Å²) in [7, 11) is 0. The van der Waals surface area contributed by atoms with E-state index in [0.29, 0.717) is 24.8 Å². The molecule has 154 valence electrons. The molecule has 0 unspecified atom stereocenters. The summed E-state index contributed by atoms with van der Waals surface area (Å²) in [6.07, 6.45) is 2.85. The Morgan fingerprint density at radius 1 is 1.17 bits per heavy atom. The number of ether oxygens (including phenoxy) is 1. The van der Waals surface area contributed by atoms with Crippen LogP contribution in [0.1, 0.15) is 11.7 Å². The van der Waals surface area contributed by atoms with Crippen molar-refractivity contribution in [1.82, 2.24) is 20.3 Å². The van der Waals surface area contributed by atoms with Crippen molar-refractivity contribution >= 4 is 22.9 Å². The summed E-state index contributed by atoms with van der Waals surface area (Å²) < 4.78 is 5.76. The van der Waals surface area contributed by atoms with Crippen LogP contribution in [0.2, 0.25) is 5.15 Å². The van der Waals surface area contributed by atoms with E-state index in [1.807, 2.05) is 48.0 Å². The summed E-state index contributed by atoms with van der Waals surface area (Å²) in [4.78, 5) is 13.0. The van der Waals surface area contributed by atoms with Gasteiger partial charge >= 0.3 is 0 Å². The molecule has 6 nitrogen and oxygen atoms in total. The number of H-pyrrole nitrogens is 1. The van der Waals surface area contributed by atoms with E-state index < -0.39 is 6.10 Å². The third-order valence-corrected chi connectivity index (χ3v) is 5.60. The Bertz CT molecular complexity index is 1050. The van der Waals surface area contributed by atoms with Gasteiger partial charge in [-0.25, -0.2) is 9.97 Å². The fourth-order valence-corrected chi connectivity index (χ4v) is 3.70. The first kappa shape index (κ1) is 20.6. The lowest BCUT2D eigenvalue weighted by Gasteiger charge is -2.12. The molecule has 0 aliphatic rings. The fourth-order valence-electron chi connectivity index (χ4n) is 2.91. The second kappa shape index (κ2) is 9.86. The predicted molar refractivity (Wildman–Crippen MR) is 120 cm³/mol. The monoisotopic (exact) mass is 440 g/mol. The normalized spacial score (nSPS) is 12.1. The molecule has 0 aliphatic heterocycles. The van der Waals surface area contributed by atoms with Crippen LogP contribution in [-0.2, 0) is 0 Å². The van der Waals surface area contributed by atoms with Crippen LogP contribution in [0.15, 0.2) is 66.3 Å². The zero-order chi connectivity index (χ0) is 20.8. The quantitative estimate of drug-likeness (QED) is 0.262. The van der Waals surface area contributed by atoms with Gasteiger partial charge in [0.05, 0.1) is 16.7 Å². The SMILES string of the molecule is O[C@@H](CNCCOc1ccc(-c2c[nH]c(-c3cccs3)n2)cc1)c1ccc(Cl)nc1. The van der Waals surface area contributed by atoms with Gasteiger partial charge in [0.2, 0.25) is 0 Å². The van der Waals surface area contributed by atoms with Crippen molar-refractivity contribution in [2.75, 3.05) is 19.7 Å². The van der Waals surface area contributed by atoms with Gasteiger partial charge in [-0.2, -0.15) is 0 Å². The van der Waals surface area contributed by atoms with Crippen LogP contribution in [0.4, 0.5) is 0 Å². The zero-order valence-corrected chi connectivity index (χ0v) is 17.7. The highest BCUT2D eigenvalue weighted by molar-refractivity contribution is 7.13. The Balaban J connectivity index is 1.22. The van der Waals surface area contributed by atoms with Gasteiger partial charge in [0.25, 0.3) is 0 Å². The van der Waals surface area contributed by atoms with Gasteiger partial charge < -0.3 is 20.1 Å². The van der Waals surface area contributed by atoms with Gasteiger partial charge in [-0.1, -0.05) is 23.7 Å². The van der Waals surface area contributed by atoms with Gasteiger partial charge in [-0.15, -0.1) is 11.3 Å². The van der Waals surface area contributed by atoms with Crippen molar-refractivity contribution in [2.24, 2.45) is 0 Å². The molecule has 1 aromatic carbocycles. The summed E-state index contributed by atoms with van der Waals surface area (Å²) >= 11 is 7.41. The Hall–Kier alpha value is -2.71. The van der Waals surface area contributed by atoms with Gasteiger partial charge in [0.15, 0.2) is 0 Å². The van der Waals surface area contributed by atoms with E-state index in [0.717, 1.165) is 33.3 Å². The number of aliphatic hydroxyl groups is 1. The minimum absolute atomic E-state index is 0.411. The first-order valence-corrected chi connectivity index (χ1v) is 10.8. The molecule has 0 amide bonds. The third kappa shape index (κ3) is 5.25. The van der Waals surface area contributed by atoms with Crippen LogP contribution in [0.5, 0.6) is 5.75 Å². The number of hydrogen-bond acceptors (Lipinski definition) is 6. The molecular formula is C22H21ClN4O2S. The number of benzene rings is 1. The predicted octanol–water partition coefficient (Wildman–Crippen LogP) is 4.56. The van der Waals surface area contributed by atoms with E-state index in [-0.39, 0.29) is 0 Å². The van der Waals surface area contributed by atoms with Gasteiger partial charge in [-0.3, -0.25) is 0 Å². The van der Waals surface area contributed by atoms with Crippen LogP contribution >= 0.6 is 22.9 Å². The molecule has 1 atom stereocenters. The summed E-state index contributed by atoms with van der Waals surface area (Å²) in [5.74, 6) is 1.67. The first-order chi connectivity index (χ1) is 14.7. The molecule has 0 spiro atoms. The topological polar surface area (TPSA) is 83.1 Å². The summed E-state index contributed by atoms with van der Waals surface area (Å²) in [6.45, 7) is 1.52. The van der Waals surface area contributed by atoms with E-state index in [2.05, 4.69) is 20.3 Å². The van der Waals surface area contributed by atoms with Crippen molar-refractivity contribution in [3.05, 3.63) is 77.0 Å². The lowest BCUT2D eigenvalue weighted by Crippen LogP contribution is -2.26. The highest BCUT2D eigenvalue weighted by Gasteiger charge is 2.08. The number of nitrogens with zero attached hydrogens (tertiary/aromatic N) is 2. The highest BCUT2D eigenvalue weighted by atomic mass is 35.5. The molecule has 30 heavy (non-hydrogen) atoms. The van der Waals surface area contributed by atoms with Gasteiger partial charge in [-0.05, 0) is 41.8 Å². The number of hydrogen-bond donors (Lipinski definition) is 3. The van der Waals surface area contributed by atoms with Crippen molar-refractivity contribution in [2.45, 2.75) is 6.10 Å². The number of aromatic amines is 1. The molecule has 0 saturated carbocycles. The fraction of sp³-hybridized carbons (Fsp3) is 0.182. The standard InChI is InChI=1S/C22H21ClN4O2S/c23-21-8-5-16(12-25-21)19(28)14-24-9-10-29-17-6-3-15(4-7-17)18-13-26-22(27-18)20-2-1-11-30-20/h1-8,11-13,19,24,28H,9-10,14H2,(H,26,27)/t19-/m0/s1. The molecule has 0 bridgehead atoms. The van der Waals surface area contributed by atoms with Crippen molar-refractivity contribution in [3.8, 4) is 27.7 Å². The number of halogens is 1. The largest absolute Gasteiger partial charge is 0.492 e. The lowest BCUT2D eigenvalue weighted by molar-refractivity contribution is 0.171. The van der Waals surface area contributed by atoms with Crippen LogP contribution < -0.4 is 10.1 Å². The molecule has 3 aromatic heterocycles.